The molecule has 0 spiro atoms. The second-order valence-electron chi connectivity index (χ2n) is 4.32. The van der Waals surface area contributed by atoms with E-state index in [0.29, 0.717) is 5.56 Å². The molecule has 21 heavy (non-hydrogen) atoms. The molecule has 108 valence electrons. The summed E-state index contributed by atoms with van der Waals surface area (Å²) >= 11 is 6.02. The molecule has 2 aromatic rings. The molecule has 0 fully saturated rings. The van der Waals surface area contributed by atoms with Gasteiger partial charge >= 0.3 is 5.97 Å². The van der Waals surface area contributed by atoms with E-state index in [0.717, 1.165) is 5.56 Å². The Hall–Kier alpha value is -2.40. The van der Waals surface area contributed by atoms with E-state index in [9.17, 15) is 9.59 Å². The van der Waals surface area contributed by atoms with E-state index in [1.54, 1.807) is 12.1 Å². The molecule has 0 unspecified atom stereocenters. The number of benzene rings is 1. The Balaban J connectivity index is 2.22. The standard InChI is InChI=1S/C15H13ClN2O3/c1-9-5-3-4-6-11(9)14(19)18-13-12(16)7-10(8-17-13)15(20)21-2/h3-8H,1-2H3,(H,17,18,19). The van der Waals surface area contributed by atoms with Crippen molar-refractivity contribution in [1.82, 2.24) is 4.98 Å². The van der Waals surface area contributed by atoms with Gasteiger partial charge < -0.3 is 10.1 Å². The summed E-state index contributed by atoms with van der Waals surface area (Å²) < 4.78 is 4.57. The minimum Gasteiger partial charge on any atom is -0.465 e. The fourth-order valence-electron chi connectivity index (χ4n) is 1.76. The van der Waals surface area contributed by atoms with Crippen molar-refractivity contribution in [2.45, 2.75) is 6.92 Å². The van der Waals surface area contributed by atoms with E-state index in [1.165, 1.54) is 19.4 Å². The highest BCUT2D eigenvalue weighted by molar-refractivity contribution is 6.33. The maximum atomic E-state index is 12.2. The molecule has 0 saturated heterocycles. The fraction of sp³-hybridized carbons (Fsp3) is 0.133. The van der Waals surface area contributed by atoms with E-state index in [1.807, 2.05) is 19.1 Å². The maximum absolute atomic E-state index is 12.2. The van der Waals surface area contributed by atoms with Crippen molar-refractivity contribution in [2.24, 2.45) is 0 Å². The molecule has 0 aliphatic rings. The summed E-state index contributed by atoms with van der Waals surface area (Å²) in [5.74, 6) is -0.660. The van der Waals surface area contributed by atoms with Crippen molar-refractivity contribution >= 4 is 29.3 Å². The molecule has 1 aromatic heterocycles. The van der Waals surface area contributed by atoms with Crippen molar-refractivity contribution in [1.29, 1.82) is 0 Å². The second kappa shape index (κ2) is 6.37. The van der Waals surface area contributed by atoms with Gasteiger partial charge in [-0.05, 0) is 24.6 Å². The largest absolute Gasteiger partial charge is 0.465 e. The number of amides is 1. The first kappa shape index (κ1) is 15.0. The summed E-state index contributed by atoms with van der Waals surface area (Å²) in [6.07, 6.45) is 1.30. The molecule has 6 heteroatoms. The molecule has 5 nitrogen and oxygen atoms in total. The number of hydrogen-bond acceptors (Lipinski definition) is 4. The average molecular weight is 305 g/mol. The number of aromatic nitrogens is 1. The number of rotatable bonds is 3. The van der Waals surface area contributed by atoms with Crippen molar-refractivity contribution in [3.63, 3.8) is 0 Å². The lowest BCUT2D eigenvalue weighted by Gasteiger charge is -2.09. The highest BCUT2D eigenvalue weighted by atomic mass is 35.5. The molecular weight excluding hydrogens is 292 g/mol. The van der Waals surface area contributed by atoms with Crippen LogP contribution in [-0.2, 0) is 4.74 Å². The van der Waals surface area contributed by atoms with Crippen molar-refractivity contribution in [3.8, 4) is 0 Å². The van der Waals surface area contributed by atoms with Crippen LogP contribution in [0.25, 0.3) is 0 Å². The molecule has 1 N–H and O–H groups in total. The summed E-state index contributed by atoms with van der Waals surface area (Å²) in [5, 5.41) is 2.78. The van der Waals surface area contributed by atoms with Crippen LogP contribution in [0, 0.1) is 6.92 Å². The average Bonchev–Trinajstić information content (AvgIpc) is 2.48. The molecular formula is C15H13ClN2O3. The predicted molar refractivity (Wildman–Crippen MR) is 79.7 cm³/mol. The zero-order valence-corrected chi connectivity index (χ0v) is 12.3. The summed E-state index contributed by atoms with van der Waals surface area (Å²) in [6, 6.07) is 8.57. The van der Waals surface area contributed by atoms with Crippen LogP contribution in [-0.4, -0.2) is 24.0 Å². The quantitative estimate of drug-likeness (QED) is 0.885. The Kier molecular flexibility index (Phi) is 4.55. The molecule has 0 atom stereocenters. The molecule has 1 heterocycles. The number of esters is 1. The fourth-order valence-corrected chi connectivity index (χ4v) is 1.98. The van der Waals surface area contributed by atoms with Crippen molar-refractivity contribution < 1.29 is 14.3 Å². The summed E-state index contributed by atoms with van der Waals surface area (Å²) in [5.41, 5.74) is 1.60. The Bertz CT molecular complexity index is 701. The molecule has 2 rings (SSSR count). The van der Waals surface area contributed by atoms with Crippen LogP contribution < -0.4 is 5.32 Å². The van der Waals surface area contributed by atoms with Crippen LogP contribution in [0.3, 0.4) is 0 Å². The minimum absolute atomic E-state index is 0.167. The van der Waals surface area contributed by atoms with Gasteiger partial charge in [-0.25, -0.2) is 9.78 Å². The van der Waals surface area contributed by atoms with Gasteiger partial charge in [0.1, 0.15) is 0 Å². The van der Waals surface area contributed by atoms with Crippen LogP contribution in [0.1, 0.15) is 26.3 Å². The Morgan fingerprint density at radius 3 is 2.62 bits per heavy atom. The van der Waals surface area contributed by atoms with Gasteiger partial charge in [-0.15, -0.1) is 0 Å². The van der Waals surface area contributed by atoms with Gasteiger partial charge in [0.25, 0.3) is 5.91 Å². The molecule has 0 aliphatic carbocycles. The Morgan fingerprint density at radius 1 is 1.29 bits per heavy atom. The van der Waals surface area contributed by atoms with E-state index in [-0.39, 0.29) is 22.3 Å². The number of pyridine rings is 1. The second-order valence-corrected chi connectivity index (χ2v) is 4.72. The highest BCUT2D eigenvalue weighted by Gasteiger charge is 2.14. The van der Waals surface area contributed by atoms with E-state index in [4.69, 9.17) is 11.6 Å². The number of hydrogen-bond donors (Lipinski definition) is 1. The van der Waals surface area contributed by atoms with Gasteiger partial charge in [0.05, 0.1) is 17.7 Å². The molecule has 0 radical (unpaired) electrons. The number of nitrogens with one attached hydrogen (secondary N) is 1. The zero-order valence-electron chi connectivity index (χ0n) is 11.5. The van der Waals surface area contributed by atoms with Crippen LogP contribution in [0.5, 0.6) is 0 Å². The first-order valence-electron chi connectivity index (χ1n) is 6.13. The lowest BCUT2D eigenvalue weighted by molar-refractivity contribution is 0.0600. The van der Waals surface area contributed by atoms with Crippen LogP contribution in [0.4, 0.5) is 5.82 Å². The minimum atomic E-state index is -0.541. The summed E-state index contributed by atoms with van der Waals surface area (Å²) in [7, 11) is 1.27. The van der Waals surface area contributed by atoms with Gasteiger partial charge in [-0.2, -0.15) is 0 Å². The van der Waals surface area contributed by atoms with Gasteiger partial charge in [0.15, 0.2) is 5.82 Å². The molecule has 0 bridgehead atoms. The highest BCUT2D eigenvalue weighted by Crippen LogP contribution is 2.21. The Morgan fingerprint density at radius 2 is 2.00 bits per heavy atom. The normalized spacial score (nSPS) is 10.0. The van der Waals surface area contributed by atoms with Crippen LogP contribution in [0.15, 0.2) is 36.5 Å². The van der Waals surface area contributed by atoms with E-state index < -0.39 is 5.97 Å². The number of halogens is 1. The van der Waals surface area contributed by atoms with Crippen LogP contribution >= 0.6 is 11.6 Å². The number of anilines is 1. The third-order valence-electron chi connectivity index (χ3n) is 2.88. The van der Waals surface area contributed by atoms with Gasteiger partial charge in [0.2, 0.25) is 0 Å². The number of ether oxygens (including phenoxy) is 1. The van der Waals surface area contributed by atoms with Crippen molar-refractivity contribution in [2.75, 3.05) is 12.4 Å². The lowest BCUT2D eigenvalue weighted by Crippen LogP contribution is -2.15. The van der Waals surface area contributed by atoms with Gasteiger partial charge in [-0.3, -0.25) is 4.79 Å². The smallest absolute Gasteiger partial charge is 0.339 e. The number of carbonyl (C=O) groups is 2. The third kappa shape index (κ3) is 3.38. The lowest BCUT2D eigenvalue weighted by atomic mass is 10.1. The van der Waals surface area contributed by atoms with Crippen LogP contribution in [0.2, 0.25) is 5.02 Å². The number of methoxy groups -OCH3 is 1. The molecule has 0 aliphatic heterocycles. The first-order valence-corrected chi connectivity index (χ1v) is 6.51. The van der Waals surface area contributed by atoms with Crippen molar-refractivity contribution in [3.05, 3.63) is 58.2 Å². The molecule has 1 aromatic carbocycles. The molecule has 1 amide bonds. The predicted octanol–water partition coefficient (Wildman–Crippen LogP) is 3.08. The van der Waals surface area contributed by atoms with E-state index >= 15 is 0 Å². The zero-order chi connectivity index (χ0) is 15.4. The van der Waals surface area contributed by atoms with Gasteiger partial charge in [-0.1, -0.05) is 29.8 Å². The summed E-state index contributed by atoms with van der Waals surface area (Å²) in [6.45, 7) is 1.84. The topological polar surface area (TPSA) is 68.3 Å². The third-order valence-corrected chi connectivity index (χ3v) is 3.17. The summed E-state index contributed by atoms with van der Waals surface area (Å²) in [4.78, 5) is 27.5. The number of nitrogens with zero attached hydrogens (tertiary/aromatic N) is 1. The van der Waals surface area contributed by atoms with E-state index in [2.05, 4.69) is 15.0 Å². The van der Waals surface area contributed by atoms with Gasteiger partial charge in [0, 0.05) is 11.8 Å². The molecule has 0 saturated carbocycles. The number of carbonyl (C=O) groups excluding carboxylic acids is 2. The number of aryl methyl sites for hydroxylation is 1. The SMILES string of the molecule is COC(=O)c1cnc(NC(=O)c2ccccc2C)c(Cl)c1. The first-order chi connectivity index (χ1) is 10.0. The Labute approximate surface area is 126 Å². The maximum Gasteiger partial charge on any atom is 0.339 e. The monoisotopic (exact) mass is 304 g/mol.